The third-order valence-electron chi connectivity index (χ3n) is 4.16. The molecule has 0 aliphatic rings. The molecular formula is C21H27IN6. The average Bonchev–Trinajstić information content (AvgIpc) is 3.01. The Morgan fingerprint density at radius 1 is 1.07 bits per heavy atom. The van der Waals surface area contributed by atoms with Crippen LogP contribution in [-0.2, 0) is 13.1 Å². The zero-order chi connectivity index (χ0) is 19.2. The Morgan fingerprint density at radius 2 is 1.82 bits per heavy atom. The van der Waals surface area contributed by atoms with E-state index in [1.165, 1.54) is 5.56 Å². The fourth-order valence-corrected chi connectivity index (χ4v) is 2.79. The summed E-state index contributed by atoms with van der Waals surface area (Å²) in [5.74, 6) is 1.67. The number of hydrogen-bond acceptors (Lipinski definition) is 3. The lowest BCUT2D eigenvalue weighted by Gasteiger charge is -2.17. The summed E-state index contributed by atoms with van der Waals surface area (Å²) in [6.45, 7) is 5.33. The van der Waals surface area contributed by atoms with Crippen LogP contribution in [-0.4, -0.2) is 39.7 Å². The standard InChI is InChI=1S/C21H26N6.HI/c1-16-12-17(2)27(25-16)20-11-10-19(14-22-20)15-24-21(26(3)4)23-13-18-8-6-5-7-9-18;/h5-12,14H,13,15H2,1-4H3,(H,23,24);1H. The van der Waals surface area contributed by atoms with Crippen LogP contribution in [0.2, 0.25) is 0 Å². The first kappa shape index (κ1) is 21.9. The molecule has 0 aliphatic heterocycles. The van der Waals surface area contributed by atoms with Crippen molar-refractivity contribution in [2.45, 2.75) is 26.9 Å². The van der Waals surface area contributed by atoms with Crippen LogP contribution in [0, 0.1) is 13.8 Å². The number of rotatable bonds is 5. The molecule has 0 aliphatic carbocycles. The summed E-state index contributed by atoms with van der Waals surface area (Å²) >= 11 is 0. The monoisotopic (exact) mass is 490 g/mol. The molecular weight excluding hydrogens is 463 g/mol. The maximum Gasteiger partial charge on any atom is 0.194 e. The molecule has 3 rings (SSSR count). The van der Waals surface area contributed by atoms with E-state index in [0.717, 1.165) is 35.3 Å². The van der Waals surface area contributed by atoms with Crippen LogP contribution in [0.15, 0.2) is 59.7 Å². The van der Waals surface area contributed by atoms with Crippen molar-refractivity contribution in [3.8, 4) is 5.82 Å². The maximum atomic E-state index is 4.70. The summed E-state index contributed by atoms with van der Waals surface area (Å²) in [5, 5.41) is 7.87. The second kappa shape index (κ2) is 10.2. The van der Waals surface area contributed by atoms with Gasteiger partial charge in [-0.05, 0) is 37.1 Å². The van der Waals surface area contributed by atoms with Crippen molar-refractivity contribution in [2.24, 2.45) is 4.99 Å². The van der Waals surface area contributed by atoms with Gasteiger partial charge in [0.2, 0.25) is 0 Å². The highest BCUT2D eigenvalue weighted by Crippen LogP contribution is 2.11. The van der Waals surface area contributed by atoms with E-state index in [0.29, 0.717) is 6.54 Å². The van der Waals surface area contributed by atoms with Crippen LogP contribution < -0.4 is 5.32 Å². The molecule has 148 valence electrons. The number of benzene rings is 1. The van der Waals surface area contributed by atoms with E-state index in [2.05, 4.69) is 27.5 Å². The molecule has 0 atom stereocenters. The Morgan fingerprint density at radius 3 is 2.39 bits per heavy atom. The Hall–Kier alpha value is -2.42. The van der Waals surface area contributed by atoms with Crippen molar-refractivity contribution in [3.63, 3.8) is 0 Å². The number of aryl methyl sites for hydroxylation is 2. The molecule has 6 nitrogen and oxygen atoms in total. The second-order valence-corrected chi connectivity index (χ2v) is 6.74. The minimum Gasteiger partial charge on any atom is -0.352 e. The molecule has 1 N–H and O–H groups in total. The van der Waals surface area contributed by atoms with E-state index in [-0.39, 0.29) is 24.0 Å². The zero-order valence-corrected chi connectivity index (χ0v) is 19.1. The highest BCUT2D eigenvalue weighted by molar-refractivity contribution is 14.0. The van der Waals surface area contributed by atoms with Gasteiger partial charge < -0.3 is 10.2 Å². The lowest BCUT2D eigenvalue weighted by atomic mass is 10.2. The van der Waals surface area contributed by atoms with Gasteiger partial charge in [0.05, 0.1) is 12.2 Å². The molecule has 2 aromatic heterocycles. The highest BCUT2D eigenvalue weighted by Gasteiger charge is 2.06. The largest absolute Gasteiger partial charge is 0.352 e. The fraction of sp³-hybridized carbons (Fsp3) is 0.286. The minimum atomic E-state index is 0. The van der Waals surface area contributed by atoms with E-state index < -0.39 is 0 Å². The molecule has 0 unspecified atom stereocenters. The van der Waals surface area contributed by atoms with Crippen LogP contribution in [0.25, 0.3) is 5.82 Å². The van der Waals surface area contributed by atoms with E-state index >= 15 is 0 Å². The van der Waals surface area contributed by atoms with Gasteiger partial charge >= 0.3 is 0 Å². The van der Waals surface area contributed by atoms with Crippen molar-refractivity contribution in [1.82, 2.24) is 25.0 Å². The summed E-state index contributed by atoms with van der Waals surface area (Å²) in [7, 11) is 3.97. The lowest BCUT2D eigenvalue weighted by Crippen LogP contribution is -2.36. The molecule has 0 spiro atoms. The number of aromatic nitrogens is 3. The first-order valence-electron chi connectivity index (χ1n) is 9.01. The van der Waals surface area contributed by atoms with Crippen molar-refractivity contribution in [1.29, 1.82) is 0 Å². The molecule has 1 aromatic carbocycles. The average molecular weight is 490 g/mol. The summed E-state index contributed by atoms with van der Waals surface area (Å²) < 4.78 is 1.86. The zero-order valence-electron chi connectivity index (χ0n) is 16.8. The molecule has 0 saturated carbocycles. The van der Waals surface area contributed by atoms with Gasteiger partial charge in [0.25, 0.3) is 0 Å². The first-order chi connectivity index (χ1) is 13.0. The first-order valence-corrected chi connectivity index (χ1v) is 9.01. The molecule has 0 bridgehead atoms. The Balaban J connectivity index is 0.00000280. The van der Waals surface area contributed by atoms with Gasteiger partial charge in [-0.1, -0.05) is 36.4 Å². The number of guanidine groups is 1. The molecule has 0 fully saturated rings. The smallest absolute Gasteiger partial charge is 0.194 e. The molecule has 3 aromatic rings. The topological polar surface area (TPSA) is 58.3 Å². The molecule has 0 saturated heterocycles. The van der Waals surface area contributed by atoms with Gasteiger partial charge in [0.15, 0.2) is 11.8 Å². The number of pyridine rings is 1. The normalized spacial score (nSPS) is 11.1. The van der Waals surface area contributed by atoms with Gasteiger partial charge in [-0.2, -0.15) is 5.10 Å². The summed E-state index contributed by atoms with van der Waals surface area (Å²) in [5.41, 5.74) is 4.35. The second-order valence-electron chi connectivity index (χ2n) is 6.74. The van der Waals surface area contributed by atoms with E-state index in [1.54, 1.807) is 0 Å². The van der Waals surface area contributed by atoms with Crippen LogP contribution in [0.3, 0.4) is 0 Å². The van der Waals surface area contributed by atoms with Crippen molar-refractivity contribution >= 4 is 29.9 Å². The van der Waals surface area contributed by atoms with E-state index in [4.69, 9.17) is 4.99 Å². The lowest BCUT2D eigenvalue weighted by molar-refractivity contribution is 0.578. The predicted octanol–water partition coefficient (Wildman–Crippen LogP) is 3.71. The van der Waals surface area contributed by atoms with Crippen molar-refractivity contribution < 1.29 is 0 Å². The minimum absolute atomic E-state index is 0. The van der Waals surface area contributed by atoms with Crippen molar-refractivity contribution in [3.05, 3.63) is 77.2 Å². The van der Waals surface area contributed by atoms with Gasteiger partial charge in [0, 0.05) is 32.5 Å². The third-order valence-corrected chi connectivity index (χ3v) is 4.16. The summed E-state index contributed by atoms with van der Waals surface area (Å²) in [4.78, 5) is 11.2. The Labute approximate surface area is 183 Å². The quantitative estimate of drug-likeness (QED) is 0.337. The molecule has 7 heteroatoms. The van der Waals surface area contributed by atoms with Crippen LogP contribution >= 0.6 is 24.0 Å². The van der Waals surface area contributed by atoms with E-state index in [9.17, 15) is 0 Å². The number of halogens is 1. The number of nitrogens with zero attached hydrogens (tertiary/aromatic N) is 5. The molecule has 2 heterocycles. The van der Waals surface area contributed by atoms with Gasteiger partial charge in [-0.3, -0.25) is 0 Å². The van der Waals surface area contributed by atoms with Gasteiger partial charge in [-0.15, -0.1) is 24.0 Å². The van der Waals surface area contributed by atoms with Crippen LogP contribution in [0.5, 0.6) is 0 Å². The van der Waals surface area contributed by atoms with Gasteiger partial charge in [-0.25, -0.2) is 14.7 Å². The molecule has 0 radical (unpaired) electrons. The number of nitrogens with one attached hydrogen (secondary N) is 1. The van der Waals surface area contributed by atoms with Crippen LogP contribution in [0.4, 0.5) is 0 Å². The van der Waals surface area contributed by atoms with Crippen LogP contribution in [0.1, 0.15) is 22.5 Å². The SMILES string of the molecule is Cc1cc(C)n(-c2ccc(CN=C(NCc3ccccc3)N(C)C)cn2)n1.I. The predicted molar refractivity (Wildman–Crippen MR) is 124 cm³/mol. The third kappa shape index (κ3) is 5.79. The summed E-state index contributed by atoms with van der Waals surface area (Å²) in [6, 6.07) is 16.4. The fourth-order valence-electron chi connectivity index (χ4n) is 2.79. The Bertz CT molecular complexity index is 900. The molecule has 0 amide bonds. The molecule has 28 heavy (non-hydrogen) atoms. The summed E-state index contributed by atoms with van der Waals surface area (Å²) in [6.07, 6.45) is 1.86. The highest BCUT2D eigenvalue weighted by atomic mass is 127. The van der Waals surface area contributed by atoms with Gasteiger partial charge in [0.1, 0.15) is 0 Å². The van der Waals surface area contributed by atoms with Crippen molar-refractivity contribution in [2.75, 3.05) is 14.1 Å². The Kier molecular flexibility index (Phi) is 7.98. The van der Waals surface area contributed by atoms with E-state index in [1.807, 2.05) is 80.1 Å². The maximum absolute atomic E-state index is 4.70. The number of hydrogen-bond donors (Lipinski definition) is 1. The number of aliphatic imine (C=N–C) groups is 1.